The van der Waals surface area contributed by atoms with Crippen LogP contribution in [0.2, 0.25) is 0 Å². The molecule has 7 heteroatoms. The molecule has 0 fully saturated rings. The van der Waals surface area contributed by atoms with Gasteiger partial charge >= 0.3 is 7.82 Å². The zero-order valence-electron chi connectivity index (χ0n) is 15.0. The van der Waals surface area contributed by atoms with Crippen LogP contribution in [0.25, 0.3) is 0 Å². The van der Waals surface area contributed by atoms with E-state index < -0.39 is 7.82 Å². The third-order valence-electron chi connectivity index (χ3n) is 3.76. The van der Waals surface area contributed by atoms with Gasteiger partial charge in [-0.05, 0) is 18.6 Å². The van der Waals surface area contributed by atoms with Crippen molar-refractivity contribution < 1.29 is 28.3 Å². The summed E-state index contributed by atoms with van der Waals surface area (Å²) in [5.74, 6) is 0.769. The fraction of sp³-hybridized carbons (Fsp3) is 0.667. The van der Waals surface area contributed by atoms with Gasteiger partial charge in [-0.15, -0.1) is 0 Å². The Kier molecular flexibility index (Phi) is 11.8. The van der Waals surface area contributed by atoms with Gasteiger partial charge in [0.25, 0.3) is 0 Å². The Morgan fingerprint density at radius 1 is 1.00 bits per heavy atom. The zero-order chi connectivity index (χ0) is 18.4. The van der Waals surface area contributed by atoms with Crippen molar-refractivity contribution in [2.75, 3.05) is 19.8 Å². The molecule has 0 amide bonds. The van der Waals surface area contributed by atoms with Crippen molar-refractivity contribution in [3.8, 4) is 5.75 Å². The molecule has 0 aliphatic heterocycles. The molecule has 0 aromatic heterocycles. The second-order valence-electron chi connectivity index (χ2n) is 6.00. The number of hydrogen-bond acceptors (Lipinski definition) is 4. The van der Waals surface area contributed by atoms with Gasteiger partial charge in [0.15, 0.2) is 0 Å². The van der Waals surface area contributed by atoms with Crippen LogP contribution < -0.4 is 4.74 Å². The smallest absolute Gasteiger partial charge is 0.469 e. The first-order valence-electron chi connectivity index (χ1n) is 9.01. The van der Waals surface area contributed by atoms with E-state index in [1.165, 1.54) is 25.7 Å². The first-order chi connectivity index (χ1) is 12.0. The second kappa shape index (κ2) is 13.3. The van der Waals surface area contributed by atoms with E-state index >= 15 is 0 Å². The van der Waals surface area contributed by atoms with Gasteiger partial charge in [-0.25, -0.2) is 4.57 Å². The Balaban J connectivity index is 2.25. The molecule has 1 atom stereocenters. The number of unbranched alkanes of at least 4 members (excludes halogenated alkanes) is 5. The number of phosphoric acid groups is 1. The first kappa shape index (κ1) is 22.1. The molecule has 0 saturated heterocycles. The van der Waals surface area contributed by atoms with Gasteiger partial charge in [-0.2, -0.15) is 0 Å². The molecular formula is C18H31O6P. The molecule has 0 saturated carbocycles. The highest BCUT2D eigenvalue weighted by atomic mass is 31.2. The van der Waals surface area contributed by atoms with E-state index in [-0.39, 0.29) is 12.7 Å². The van der Waals surface area contributed by atoms with Crippen molar-refractivity contribution in [1.82, 2.24) is 0 Å². The maximum atomic E-state index is 10.9. The molecule has 1 aromatic carbocycles. The van der Waals surface area contributed by atoms with Crippen molar-refractivity contribution in [3.05, 3.63) is 30.3 Å². The van der Waals surface area contributed by atoms with Crippen molar-refractivity contribution >= 4 is 7.82 Å². The van der Waals surface area contributed by atoms with Gasteiger partial charge in [0.1, 0.15) is 12.4 Å². The molecule has 25 heavy (non-hydrogen) atoms. The molecule has 0 aliphatic carbocycles. The molecule has 6 nitrogen and oxygen atoms in total. The molecule has 0 spiro atoms. The summed E-state index contributed by atoms with van der Waals surface area (Å²) in [5, 5.41) is 0. The highest BCUT2D eigenvalue weighted by Gasteiger charge is 2.18. The number of rotatable bonds is 15. The third kappa shape index (κ3) is 13.0. The van der Waals surface area contributed by atoms with Crippen LogP contribution in [0.3, 0.4) is 0 Å². The lowest BCUT2D eigenvalue weighted by molar-refractivity contribution is -0.00556. The monoisotopic (exact) mass is 374 g/mol. The average molecular weight is 374 g/mol. The molecule has 1 aromatic rings. The van der Waals surface area contributed by atoms with Crippen LogP contribution in [0.5, 0.6) is 5.75 Å². The summed E-state index contributed by atoms with van der Waals surface area (Å²) >= 11 is 0. The number of benzene rings is 1. The van der Waals surface area contributed by atoms with Gasteiger partial charge in [-0.1, -0.05) is 63.6 Å². The maximum Gasteiger partial charge on any atom is 0.469 e. The summed E-state index contributed by atoms with van der Waals surface area (Å²) in [7, 11) is -4.47. The second-order valence-corrected chi connectivity index (χ2v) is 7.24. The Bertz CT molecular complexity index is 476. The van der Waals surface area contributed by atoms with Gasteiger partial charge in [0, 0.05) is 0 Å². The molecule has 0 aliphatic rings. The Morgan fingerprint density at radius 2 is 1.68 bits per heavy atom. The van der Waals surface area contributed by atoms with E-state index in [0.29, 0.717) is 13.2 Å². The van der Waals surface area contributed by atoms with E-state index in [1.807, 2.05) is 30.3 Å². The van der Waals surface area contributed by atoms with Crippen molar-refractivity contribution in [2.24, 2.45) is 0 Å². The summed E-state index contributed by atoms with van der Waals surface area (Å²) < 4.78 is 26.7. The van der Waals surface area contributed by atoms with Crippen molar-refractivity contribution in [2.45, 2.75) is 58.0 Å². The topological polar surface area (TPSA) is 85.2 Å². The molecule has 1 rings (SSSR count). The highest BCUT2D eigenvalue weighted by Crippen LogP contribution is 2.36. The molecule has 0 bridgehead atoms. The minimum absolute atomic E-state index is 0.107. The van der Waals surface area contributed by atoms with Gasteiger partial charge < -0.3 is 19.3 Å². The Hall–Kier alpha value is -0.910. The zero-order valence-corrected chi connectivity index (χ0v) is 15.9. The lowest BCUT2D eigenvalue weighted by Crippen LogP contribution is -2.22. The summed E-state index contributed by atoms with van der Waals surface area (Å²) in [4.78, 5) is 17.7. The standard InChI is InChI=1S/C18H31O6P/c1-2-3-4-5-6-8-13-18(16-24-25(19,20)21)23-15-14-22-17-11-9-7-10-12-17/h7,9-12,18H,2-6,8,13-16H2,1H3,(H2,19,20,21). The van der Waals surface area contributed by atoms with Crippen LogP contribution in [0.1, 0.15) is 51.9 Å². The number of hydrogen-bond donors (Lipinski definition) is 2. The number of para-hydroxylation sites is 1. The van der Waals surface area contributed by atoms with Crippen molar-refractivity contribution in [3.63, 3.8) is 0 Å². The van der Waals surface area contributed by atoms with Crippen molar-refractivity contribution in [1.29, 1.82) is 0 Å². The lowest BCUT2D eigenvalue weighted by Gasteiger charge is -2.18. The van der Waals surface area contributed by atoms with E-state index in [4.69, 9.17) is 19.3 Å². The fourth-order valence-corrected chi connectivity index (χ4v) is 2.80. The quantitative estimate of drug-likeness (QED) is 0.351. The number of ether oxygens (including phenoxy) is 2. The molecule has 0 heterocycles. The summed E-state index contributed by atoms with van der Waals surface area (Å²) in [6, 6.07) is 9.44. The normalized spacial score (nSPS) is 12.9. The SMILES string of the molecule is CCCCCCCCC(COP(=O)(O)O)OCCOc1ccccc1. The molecule has 2 N–H and O–H groups in total. The van der Waals surface area contributed by atoms with Crippen LogP contribution >= 0.6 is 7.82 Å². The summed E-state index contributed by atoms with van der Waals surface area (Å²) in [6.45, 7) is 2.80. The Morgan fingerprint density at radius 3 is 2.36 bits per heavy atom. The van der Waals surface area contributed by atoms with Crippen LogP contribution in [-0.4, -0.2) is 35.7 Å². The van der Waals surface area contributed by atoms with E-state index in [0.717, 1.165) is 25.0 Å². The Labute approximate surface area is 150 Å². The van der Waals surface area contributed by atoms with Crippen LogP contribution in [-0.2, 0) is 13.8 Å². The molecule has 1 unspecified atom stereocenters. The molecule has 0 radical (unpaired) electrons. The third-order valence-corrected chi connectivity index (χ3v) is 4.24. The average Bonchev–Trinajstić information content (AvgIpc) is 2.59. The maximum absolute atomic E-state index is 10.9. The predicted octanol–water partition coefficient (Wildman–Crippen LogP) is 4.31. The number of phosphoric ester groups is 1. The largest absolute Gasteiger partial charge is 0.491 e. The van der Waals surface area contributed by atoms with Gasteiger partial charge in [0.2, 0.25) is 0 Å². The van der Waals surface area contributed by atoms with Gasteiger partial charge in [0.05, 0.1) is 19.3 Å². The summed E-state index contributed by atoms with van der Waals surface area (Å²) in [5.41, 5.74) is 0. The van der Waals surface area contributed by atoms with E-state index in [1.54, 1.807) is 0 Å². The fourth-order valence-electron chi connectivity index (χ4n) is 2.44. The molecule has 144 valence electrons. The first-order valence-corrected chi connectivity index (χ1v) is 10.5. The van der Waals surface area contributed by atoms with Crippen LogP contribution in [0.15, 0.2) is 30.3 Å². The van der Waals surface area contributed by atoms with Gasteiger partial charge in [-0.3, -0.25) is 4.52 Å². The van der Waals surface area contributed by atoms with Crippen LogP contribution in [0.4, 0.5) is 0 Å². The minimum Gasteiger partial charge on any atom is -0.491 e. The molecular weight excluding hydrogens is 343 g/mol. The lowest BCUT2D eigenvalue weighted by atomic mass is 10.1. The van der Waals surface area contributed by atoms with E-state index in [2.05, 4.69) is 11.4 Å². The van der Waals surface area contributed by atoms with E-state index in [9.17, 15) is 4.57 Å². The predicted molar refractivity (Wildman–Crippen MR) is 97.7 cm³/mol. The highest BCUT2D eigenvalue weighted by molar-refractivity contribution is 7.46. The summed E-state index contributed by atoms with van der Waals surface area (Å²) in [6.07, 6.45) is 7.30. The minimum atomic E-state index is -4.47. The van der Waals surface area contributed by atoms with Crippen LogP contribution in [0, 0.1) is 0 Å².